The molecule has 0 unspecified atom stereocenters. The topological polar surface area (TPSA) is 34.2 Å². The Labute approximate surface area is 100 Å². The van der Waals surface area contributed by atoms with Crippen LogP contribution in [0.4, 0.5) is 8.78 Å². The van der Waals surface area contributed by atoms with E-state index in [-0.39, 0.29) is 5.88 Å². The van der Waals surface area contributed by atoms with Gasteiger partial charge in [-0.2, -0.15) is 0 Å². The molecular weight excluding hydrogens is 226 g/mol. The van der Waals surface area contributed by atoms with Crippen molar-refractivity contribution in [2.45, 2.75) is 33.2 Å². The number of aryl methyl sites for hydroxylation is 1. The second-order valence-electron chi connectivity index (χ2n) is 3.83. The summed E-state index contributed by atoms with van der Waals surface area (Å²) in [4.78, 5) is 4.05. The predicted octanol–water partition coefficient (Wildman–Crippen LogP) is 2.53. The van der Waals surface area contributed by atoms with E-state index in [1.165, 1.54) is 0 Å². The Morgan fingerprint density at radius 3 is 2.82 bits per heavy atom. The first-order chi connectivity index (χ1) is 8.11. The largest absolute Gasteiger partial charge is 0.472 e. The minimum Gasteiger partial charge on any atom is -0.472 e. The van der Waals surface area contributed by atoms with E-state index < -0.39 is 13.0 Å². The summed E-state index contributed by atoms with van der Waals surface area (Å²) in [6, 6.07) is 3.61. The van der Waals surface area contributed by atoms with Crippen LogP contribution in [0.3, 0.4) is 0 Å². The summed E-state index contributed by atoms with van der Waals surface area (Å²) in [6.07, 6.45) is -1.42. The third kappa shape index (κ3) is 5.58. The molecule has 1 heterocycles. The summed E-state index contributed by atoms with van der Waals surface area (Å²) in [7, 11) is 0. The van der Waals surface area contributed by atoms with Crippen molar-refractivity contribution in [3.8, 4) is 5.88 Å². The second-order valence-corrected chi connectivity index (χ2v) is 3.83. The summed E-state index contributed by atoms with van der Waals surface area (Å²) in [5.41, 5.74) is 1.76. The summed E-state index contributed by atoms with van der Waals surface area (Å²) in [6.45, 7) is 4.91. The minimum atomic E-state index is -2.47. The molecule has 3 nitrogen and oxygen atoms in total. The lowest BCUT2D eigenvalue weighted by atomic mass is 10.2. The molecule has 1 N–H and O–H groups in total. The Morgan fingerprint density at radius 2 is 2.18 bits per heavy atom. The molecule has 0 aromatic carbocycles. The van der Waals surface area contributed by atoms with Gasteiger partial charge in [0.1, 0.15) is 0 Å². The quantitative estimate of drug-likeness (QED) is 0.748. The van der Waals surface area contributed by atoms with E-state index in [1.807, 2.05) is 13.0 Å². The maximum Gasteiger partial charge on any atom is 0.272 e. The molecule has 0 saturated carbocycles. The Hall–Kier alpha value is -1.23. The van der Waals surface area contributed by atoms with E-state index in [0.717, 1.165) is 24.2 Å². The van der Waals surface area contributed by atoms with Crippen molar-refractivity contribution in [2.75, 3.05) is 13.2 Å². The van der Waals surface area contributed by atoms with Gasteiger partial charge in [-0.1, -0.05) is 6.92 Å². The van der Waals surface area contributed by atoms with Crippen LogP contribution in [0, 0.1) is 6.92 Å². The fourth-order valence-corrected chi connectivity index (χ4v) is 1.44. The van der Waals surface area contributed by atoms with Gasteiger partial charge in [-0.3, -0.25) is 0 Å². The third-order valence-corrected chi connectivity index (χ3v) is 2.10. The number of alkyl halides is 2. The Bertz CT molecular complexity index is 345. The van der Waals surface area contributed by atoms with Crippen molar-refractivity contribution in [2.24, 2.45) is 0 Å². The molecule has 96 valence electrons. The maximum atomic E-state index is 12.0. The number of hydrogen-bond donors (Lipinski definition) is 1. The molecule has 0 atom stereocenters. The van der Waals surface area contributed by atoms with Gasteiger partial charge in [0.05, 0.1) is 0 Å². The third-order valence-electron chi connectivity index (χ3n) is 2.10. The molecule has 0 aliphatic carbocycles. The lowest BCUT2D eigenvalue weighted by Crippen LogP contribution is -2.14. The smallest absolute Gasteiger partial charge is 0.272 e. The fraction of sp³-hybridized carbons (Fsp3) is 0.583. The summed E-state index contributed by atoms with van der Waals surface area (Å²) < 4.78 is 28.9. The van der Waals surface area contributed by atoms with Crippen LogP contribution in [0.2, 0.25) is 0 Å². The predicted molar refractivity (Wildman–Crippen MR) is 62.5 cm³/mol. The van der Waals surface area contributed by atoms with Crippen molar-refractivity contribution >= 4 is 0 Å². The summed E-state index contributed by atoms with van der Waals surface area (Å²) >= 11 is 0. The molecular formula is C12H18F2N2O. The zero-order valence-electron chi connectivity index (χ0n) is 10.2. The number of aromatic nitrogens is 1. The molecule has 1 aromatic rings. The first kappa shape index (κ1) is 13.8. The molecule has 0 saturated heterocycles. The number of ether oxygens (including phenoxy) is 1. The number of hydrogen-bond acceptors (Lipinski definition) is 3. The van der Waals surface area contributed by atoms with Gasteiger partial charge < -0.3 is 10.1 Å². The number of rotatable bonds is 7. The van der Waals surface area contributed by atoms with Crippen LogP contribution < -0.4 is 10.1 Å². The van der Waals surface area contributed by atoms with E-state index in [9.17, 15) is 8.78 Å². The van der Waals surface area contributed by atoms with Crippen LogP contribution in [0.5, 0.6) is 5.88 Å². The molecule has 0 bridgehead atoms. The van der Waals surface area contributed by atoms with Gasteiger partial charge >= 0.3 is 0 Å². The van der Waals surface area contributed by atoms with Gasteiger partial charge in [-0.05, 0) is 31.5 Å². The van der Waals surface area contributed by atoms with Gasteiger partial charge in [-0.25, -0.2) is 13.8 Å². The standard InChI is InChI=1S/C12H18F2N2O/c1-3-4-15-7-10-5-9(2)16-12(6-10)17-8-11(13)14/h5-6,11,15H,3-4,7-8H2,1-2H3. The van der Waals surface area contributed by atoms with Crippen molar-refractivity contribution in [1.29, 1.82) is 0 Å². The fourth-order valence-electron chi connectivity index (χ4n) is 1.44. The molecule has 5 heteroatoms. The Balaban J connectivity index is 2.59. The highest BCUT2D eigenvalue weighted by Crippen LogP contribution is 2.13. The van der Waals surface area contributed by atoms with Crippen LogP contribution >= 0.6 is 0 Å². The highest BCUT2D eigenvalue weighted by Gasteiger charge is 2.06. The molecule has 0 amide bonds. The van der Waals surface area contributed by atoms with Crippen LogP contribution in [-0.2, 0) is 6.54 Å². The van der Waals surface area contributed by atoms with Gasteiger partial charge in [0.25, 0.3) is 6.43 Å². The van der Waals surface area contributed by atoms with Crippen LogP contribution in [0.15, 0.2) is 12.1 Å². The highest BCUT2D eigenvalue weighted by atomic mass is 19.3. The van der Waals surface area contributed by atoms with Gasteiger partial charge in [0.2, 0.25) is 5.88 Å². The first-order valence-corrected chi connectivity index (χ1v) is 5.71. The van der Waals surface area contributed by atoms with Crippen LogP contribution in [0.25, 0.3) is 0 Å². The SMILES string of the molecule is CCCNCc1cc(C)nc(OCC(F)F)c1. The molecule has 0 radical (unpaired) electrons. The summed E-state index contributed by atoms with van der Waals surface area (Å²) in [5, 5.41) is 3.24. The lowest BCUT2D eigenvalue weighted by molar-refractivity contribution is 0.0794. The van der Waals surface area contributed by atoms with E-state index >= 15 is 0 Å². The zero-order valence-corrected chi connectivity index (χ0v) is 10.2. The van der Waals surface area contributed by atoms with Crippen molar-refractivity contribution in [1.82, 2.24) is 10.3 Å². The molecule has 0 spiro atoms. The number of nitrogens with one attached hydrogen (secondary N) is 1. The van der Waals surface area contributed by atoms with E-state index in [0.29, 0.717) is 6.54 Å². The molecule has 1 aromatic heterocycles. The lowest BCUT2D eigenvalue weighted by Gasteiger charge is -2.09. The Kier molecular flexibility index (Phi) is 5.83. The molecule has 0 aliphatic rings. The maximum absolute atomic E-state index is 12.0. The Morgan fingerprint density at radius 1 is 1.41 bits per heavy atom. The normalized spacial score (nSPS) is 10.9. The highest BCUT2D eigenvalue weighted by molar-refractivity contribution is 5.24. The van der Waals surface area contributed by atoms with E-state index in [2.05, 4.69) is 17.2 Å². The molecule has 0 fully saturated rings. The van der Waals surface area contributed by atoms with Crippen LogP contribution in [0.1, 0.15) is 24.6 Å². The van der Waals surface area contributed by atoms with Crippen molar-refractivity contribution in [3.63, 3.8) is 0 Å². The van der Waals surface area contributed by atoms with Crippen molar-refractivity contribution < 1.29 is 13.5 Å². The molecule has 17 heavy (non-hydrogen) atoms. The minimum absolute atomic E-state index is 0.263. The number of halogens is 2. The van der Waals surface area contributed by atoms with Gasteiger partial charge in [0.15, 0.2) is 6.61 Å². The van der Waals surface area contributed by atoms with Gasteiger partial charge in [0, 0.05) is 18.3 Å². The average molecular weight is 244 g/mol. The first-order valence-electron chi connectivity index (χ1n) is 5.71. The van der Waals surface area contributed by atoms with Gasteiger partial charge in [-0.15, -0.1) is 0 Å². The second kappa shape index (κ2) is 7.17. The zero-order chi connectivity index (χ0) is 12.7. The molecule has 0 aliphatic heterocycles. The molecule has 1 rings (SSSR count). The number of pyridine rings is 1. The number of nitrogens with zero attached hydrogens (tertiary/aromatic N) is 1. The van der Waals surface area contributed by atoms with E-state index in [4.69, 9.17) is 4.74 Å². The van der Waals surface area contributed by atoms with E-state index in [1.54, 1.807) is 6.07 Å². The monoisotopic (exact) mass is 244 g/mol. The van der Waals surface area contributed by atoms with Crippen molar-refractivity contribution in [3.05, 3.63) is 23.4 Å². The summed E-state index contributed by atoms with van der Waals surface area (Å²) in [5.74, 6) is 0.263. The van der Waals surface area contributed by atoms with Crippen LogP contribution in [-0.4, -0.2) is 24.6 Å². The average Bonchev–Trinajstić information content (AvgIpc) is 2.26.